The first-order valence-electron chi connectivity index (χ1n) is 16.6. The van der Waals surface area contributed by atoms with E-state index in [1.54, 1.807) is 29.0 Å². The van der Waals surface area contributed by atoms with Crippen molar-refractivity contribution in [2.45, 2.75) is 101 Å². The molecule has 3 amide bonds. The van der Waals surface area contributed by atoms with Crippen LogP contribution in [0.3, 0.4) is 0 Å². The van der Waals surface area contributed by atoms with Crippen LogP contribution in [0.4, 0.5) is 0 Å². The molecule has 3 heterocycles. The van der Waals surface area contributed by atoms with E-state index in [2.05, 4.69) is 29.1 Å². The molecule has 1 N–H and O–H groups in total. The number of hydrogen-bond donors (Lipinski definition) is 1. The summed E-state index contributed by atoms with van der Waals surface area (Å²) in [7, 11) is 1.68. The van der Waals surface area contributed by atoms with Crippen LogP contribution in [0.25, 0.3) is 0 Å². The van der Waals surface area contributed by atoms with Gasteiger partial charge in [0.2, 0.25) is 17.7 Å². The molecule has 47 heavy (non-hydrogen) atoms. The van der Waals surface area contributed by atoms with Crippen LogP contribution < -0.4 is 0 Å². The van der Waals surface area contributed by atoms with Crippen LogP contribution in [0.15, 0.2) is 55.6 Å². The Morgan fingerprint density at radius 2 is 1.81 bits per heavy atom. The molecule has 3 fully saturated rings. The Hall–Kier alpha value is -3.02. The summed E-state index contributed by atoms with van der Waals surface area (Å²) >= 11 is 3.72. The van der Waals surface area contributed by atoms with Crippen LogP contribution in [0.2, 0.25) is 0 Å². The highest BCUT2D eigenvalue weighted by Gasteiger charge is 2.77. The molecule has 3 saturated heterocycles. The third-order valence-corrected chi connectivity index (χ3v) is 11.0. The number of rotatable bonds is 15. The second kappa shape index (κ2) is 15.0. The number of aliphatic hydroxyl groups is 1. The zero-order valence-electron chi connectivity index (χ0n) is 28.4. The first-order valence-corrected chi connectivity index (χ1v) is 17.5. The highest BCUT2D eigenvalue weighted by molar-refractivity contribution is 9.09. The quantitative estimate of drug-likeness (QED) is 0.164. The van der Waals surface area contributed by atoms with Crippen LogP contribution >= 0.6 is 15.9 Å². The van der Waals surface area contributed by atoms with Gasteiger partial charge in [0.25, 0.3) is 0 Å². The summed E-state index contributed by atoms with van der Waals surface area (Å²) in [5.74, 6) is -3.63. The van der Waals surface area contributed by atoms with Crippen molar-refractivity contribution in [1.29, 1.82) is 0 Å². The summed E-state index contributed by atoms with van der Waals surface area (Å²) in [4.78, 5) is 60.9. The number of nitrogens with zero attached hydrogens (tertiary/aromatic N) is 3. The zero-order valence-corrected chi connectivity index (χ0v) is 30.0. The maximum atomic E-state index is 14.6. The Kier molecular flexibility index (Phi) is 11.8. The lowest BCUT2D eigenvalue weighted by atomic mass is 9.70. The van der Waals surface area contributed by atoms with Crippen LogP contribution in [-0.4, -0.2) is 104 Å². The number of aliphatic hydroxyl groups excluding tert-OH is 1. The number of ether oxygens (including phenoxy) is 2. The molecule has 3 aliphatic heterocycles. The Morgan fingerprint density at radius 1 is 1.15 bits per heavy atom. The van der Waals surface area contributed by atoms with Crippen LogP contribution in [0, 0.1) is 17.8 Å². The number of esters is 1. The fourth-order valence-electron chi connectivity index (χ4n) is 7.57. The van der Waals surface area contributed by atoms with Crippen molar-refractivity contribution in [2.24, 2.45) is 17.8 Å². The minimum Gasteiger partial charge on any atom is -0.455 e. The highest BCUT2D eigenvalue weighted by Crippen LogP contribution is 2.61. The zero-order chi connectivity index (χ0) is 34.8. The van der Waals surface area contributed by atoms with E-state index in [1.165, 1.54) is 4.90 Å². The van der Waals surface area contributed by atoms with Gasteiger partial charge in [-0.15, -0.1) is 13.2 Å². The molecule has 0 radical (unpaired) electrons. The molecule has 3 aliphatic rings. The average Bonchev–Trinajstić information content (AvgIpc) is 3.64. The molecule has 0 aliphatic carbocycles. The van der Waals surface area contributed by atoms with E-state index in [-0.39, 0.29) is 48.2 Å². The standard InChI is InChI=1S/C36H50BrN3O7/c1-9-11-17-27(42)38(8)23(7)30(24-15-13-12-14-16-24)46-35(45)28-29-33(43)40(26(20-41)21(3)4)32(34(44)39(18-10-2)22(5)6)36(29)19-25(37)31(28)47-36/h9-10,12-16,21-23,25-26,28-32,41H,1-2,11,17-20H2,3-8H3/t23-,25?,26-,28+,29-,30+,31+,32+,36-/m0/s1. The normalized spacial score (nSPS) is 28.2. The molecule has 0 saturated carbocycles. The van der Waals surface area contributed by atoms with Crippen molar-refractivity contribution in [3.05, 3.63) is 61.2 Å². The molecule has 11 heteroatoms. The molecule has 2 bridgehead atoms. The topological polar surface area (TPSA) is 117 Å². The number of carbonyl (C=O) groups is 4. The lowest BCUT2D eigenvalue weighted by Gasteiger charge is -2.41. The Morgan fingerprint density at radius 3 is 2.36 bits per heavy atom. The van der Waals surface area contributed by atoms with Gasteiger partial charge in [0.1, 0.15) is 17.7 Å². The predicted octanol–water partition coefficient (Wildman–Crippen LogP) is 4.27. The Balaban J connectivity index is 1.76. The smallest absolute Gasteiger partial charge is 0.313 e. The molecule has 1 aromatic rings. The third-order valence-electron chi connectivity index (χ3n) is 10.2. The summed E-state index contributed by atoms with van der Waals surface area (Å²) in [5, 5.41) is 10.5. The van der Waals surface area contributed by atoms with E-state index in [0.717, 1.165) is 0 Å². The van der Waals surface area contributed by atoms with E-state index in [0.29, 0.717) is 18.4 Å². The van der Waals surface area contributed by atoms with Gasteiger partial charge in [0.15, 0.2) is 0 Å². The van der Waals surface area contributed by atoms with E-state index in [4.69, 9.17) is 9.47 Å². The van der Waals surface area contributed by atoms with E-state index < -0.39 is 59.6 Å². The summed E-state index contributed by atoms with van der Waals surface area (Å²) in [6.07, 6.45) is 2.91. The van der Waals surface area contributed by atoms with Gasteiger partial charge in [-0.2, -0.15) is 0 Å². The Labute approximate surface area is 287 Å². The Bertz CT molecular complexity index is 1340. The first-order chi connectivity index (χ1) is 22.3. The number of halogens is 1. The van der Waals surface area contributed by atoms with Gasteiger partial charge in [0.05, 0.1) is 36.6 Å². The number of fused-ring (bicyclic) bond motifs is 1. The van der Waals surface area contributed by atoms with Gasteiger partial charge in [0, 0.05) is 30.9 Å². The maximum absolute atomic E-state index is 14.6. The highest BCUT2D eigenvalue weighted by atomic mass is 79.9. The summed E-state index contributed by atoms with van der Waals surface area (Å²) in [6, 6.07) is 6.77. The number of carbonyl (C=O) groups excluding carboxylic acids is 4. The molecule has 4 rings (SSSR count). The second-order valence-corrected chi connectivity index (χ2v) is 14.8. The van der Waals surface area contributed by atoms with Crippen molar-refractivity contribution in [1.82, 2.24) is 14.7 Å². The lowest BCUT2D eigenvalue weighted by Crippen LogP contribution is -2.60. The number of benzene rings is 1. The summed E-state index contributed by atoms with van der Waals surface area (Å²) < 4.78 is 13.0. The van der Waals surface area contributed by atoms with Gasteiger partial charge in [-0.05, 0) is 45.1 Å². The van der Waals surface area contributed by atoms with E-state index >= 15 is 0 Å². The van der Waals surface area contributed by atoms with Crippen molar-refractivity contribution in [3.63, 3.8) is 0 Å². The van der Waals surface area contributed by atoms with Crippen LogP contribution in [0.1, 0.15) is 65.5 Å². The number of likely N-dealkylation sites (N-methyl/N-ethyl adjacent to an activating group) is 1. The van der Waals surface area contributed by atoms with Gasteiger partial charge >= 0.3 is 5.97 Å². The maximum Gasteiger partial charge on any atom is 0.313 e. The van der Waals surface area contributed by atoms with Gasteiger partial charge in [-0.25, -0.2) is 0 Å². The minimum absolute atomic E-state index is 0.113. The SMILES string of the molecule is C=CCCC(=O)N(C)[C@@H](C)[C@@H](OC(=O)[C@H]1[C@@H]2O[C@@]3(CC2Br)[C@@H]1C(=O)N([C@@H](CO)C(C)C)[C@@H]3C(=O)N(CC=C)C(C)C)c1ccccc1. The average molecular weight is 717 g/mol. The number of allylic oxidation sites excluding steroid dienone is 1. The molecule has 9 atom stereocenters. The van der Waals surface area contributed by atoms with Crippen molar-refractivity contribution in [2.75, 3.05) is 20.2 Å². The fraction of sp³-hybridized carbons (Fsp3) is 0.611. The number of amides is 3. The van der Waals surface area contributed by atoms with Crippen molar-refractivity contribution >= 4 is 39.6 Å². The molecule has 1 unspecified atom stereocenters. The summed E-state index contributed by atoms with van der Waals surface area (Å²) in [5.41, 5.74) is -0.603. The van der Waals surface area contributed by atoms with E-state index in [9.17, 15) is 24.3 Å². The minimum atomic E-state index is -1.31. The number of likely N-dealkylation sites (tertiary alicyclic amines) is 1. The monoisotopic (exact) mass is 715 g/mol. The van der Waals surface area contributed by atoms with Crippen LogP contribution in [-0.2, 0) is 28.7 Å². The van der Waals surface area contributed by atoms with Gasteiger partial charge in [-0.1, -0.05) is 72.3 Å². The fourth-order valence-corrected chi connectivity index (χ4v) is 8.51. The molecular weight excluding hydrogens is 666 g/mol. The molecule has 0 aromatic heterocycles. The molecule has 10 nitrogen and oxygen atoms in total. The second-order valence-electron chi connectivity index (χ2n) is 13.6. The third kappa shape index (κ3) is 6.68. The molecular formula is C36H50BrN3O7. The molecule has 258 valence electrons. The van der Waals surface area contributed by atoms with Crippen LogP contribution in [0.5, 0.6) is 0 Å². The molecule has 1 spiro atoms. The first kappa shape index (κ1) is 36.8. The van der Waals surface area contributed by atoms with Gasteiger partial charge < -0.3 is 29.3 Å². The lowest BCUT2D eigenvalue weighted by molar-refractivity contribution is -0.165. The van der Waals surface area contributed by atoms with E-state index in [1.807, 2.05) is 65.0 Å². The molecule has 1 aromatic carbocycles. The number of alkyl halides is 1. The largest absolute Gasteiger partial charge is 0.455 e. The predicted molar refractivity (Wildman–Crippen MR) is 182 cm³/mol. The number of hydrogen-bond acceptors (Lipinski definition) is 7. The van der Waals surface area contributed by atoms with Crippen molar-refractivity contribution < 1.29 is 33.8 Å². The van der Waals surface area contributed by atoms with Crippen molar-refractivity contribution in [3.8, 4) is 0 Å². The summed E-state index contributed by atoms with van der Waals surface area (Å²) in [6.45, 7) is 16.8. The van der Waals surface area contributed by atoms with Gasteiger partial charge in [-0.3, -0.25) is 19.2 Å².